The second-order valence-corrected chi connectivity index (χ2v) is 5.69. The molecule has 7 nitrogen and oxygen atoms in total. The molecule has 0 aliphatic carbocycles. The molecule has 18 heavy (non-hydrogen) atoms. The molecule has 0 amide bonds. The summed E-state index contributed by atoms with van der Waals surface area (Å²) in [4.78, 5) is 32.7. The lowest BCUT2D eigenvalue weighted by Crippen LogP contribution is -2.04. The van der Waals surface area contributed by atoms with Gasteiger partial charge in [-0.3, -0.25) is 4.57 Å². The summed E-state index contributed by atoms with van der Waals surface area (Å²) in [6, 6.07) is 2.89. The van der Waals surface area contributed by atoms with Gasteiger partial charge >= 0.3 is 13.6 Å². The molecule has 0 bridgehead atoms. The number of rotatable bonds is 3. The third-order valence-electron chi connectivity index (χ3n) is 2.25. The summed E-state index contributed by atoms with van der Waals surface area (Å²) in [6.07, 6.45) is 0.722. The lowest BCUT2D eigenvalue weighted by Gasteiger charge is -2.05. The van der Waals surface area contributed by atoms with Gasteiger partial charge in [0.15, 0.2) is 5.69 Å². The molecule has 96 valence electrons. The van der Waals surface area contributed by atoms with Crippen LogP contribution < -0.4 is 0 Å². The van der Waals surface area contributed by atoms with Crippen LogP contribution in [0.15, 0.2) is 18.3 Å². The van der Waals surface area contributed by atoms with Gasteiger partial charge in [0.1, 0.15) is 5.65 Å². The van der Waals surface area contributed by atoms with Crippen molar-refractivity contribution in [1.82, 2.24) is 9.38 Å². The van der Waals surface area contributed by atoms with Crippen LogP contribution in [-0.2, 0) is 10.7 Å². The fourth-order valence-corrected chi connectivity index (χ4v) is 2.43. The van der Waals surface area contributed by atoms with Crippen molar-refractivity contribution in [3.8, 4) is 0 Å². The van der Waals surface area contributed by atoms with E-state index in [-0.39, 0.29) is 17.0 Å². The molecule has 0 aromatic carbocycles. The Hall–Kier alpha value is -1.40. The number of imidazole rings is 1. The molecule has 2 aromatic heterocycles. The van der Waals surface area contributed by atoms with E-state index in [1.807, 2.05) is 0 Å². The van der Waals surface area contributed by atoms with E-state index in [2.05, 4.69) is 4.98 Å². The standard InChI is InChI=1S/C9H8ClN2O5P/c10-5-1-2-12-6(4-18(15,16)17)8(9(13)14)11-7(12)3-5/h1-3H,4H2,(H,13,14)(H2,15,16,17). The summed E-state index contributed by atoms with van der Waals surface area (Å²) in [5.41, 5.74) is -0.216. The van der Waals surface area contributed by atoms with Crippen molar-refractivity contribution in [1.29, 1.82) is 0 Å². The summed E-state index contributed by atoms with van der Waals surface area (Å²) in [7, 11) is -4.39. The van der Waals surface area contributed by atoms with Crippen LogP contribution in [0.5, 0.6) is 0 Å². The summed E-state index contributed by atoms with van der Waals surface area (Å²) in [5, 5.41) is 9.32. The molecule has 2 rings (SSSR count). The molecule has 2 heterocycles. The summed E-state index contributed by atoms with van der Waals surface area (Å²) >= 11 is 5.74. The number of halogens is 1. The largest absolute Gasteiger partial charge is 0.476 e. The monoisotopic (exact) mass is 290 g/mol. The lowest BCUT2D eigenvalue weighted by atomic mass is 10.3. The molecule has 0 atom stereocenters. The fourth-order valence-electron chi connectivity index (χ4n) is 1.59. The molecule has 0 aliphatic heterocycles. The third-order valence-corrected chi connectivity index (χ3v) is 3.19. The highest BCUT2D eigenvalue weighted by atomic mass is 35.5. The molecule has 0 saturated carbocycles. The van der Waals surface area contributed by atoms with Crippen molar-refractivity contribution in [2.75, 3.05) is 0 Å². The van der Waals surface area contributed by atoms with Gasteiger partial charge in [0, 0.05) is 17.3 Å². The first-order valence-electron chi connectivity index (χ1n) is 4.72. The Morgan fingerprint density at radius 1 is 1.50 bits per heavy atom. The third kappa shape index (κ3) is 2.54. The van der Waals surface area contributed by atoms with Crippen molar-refractivity contribution < 1.29 is 24.3 Å². The minimum Gasteiger partial charge on any atom is -0.476 e. The number of pyridine rings is 1. The van der Waals surface area contributed by atoms with Gasteiger partial charge in [-0.05, 0) is 6.07 Å². The van der Waals surface area contributed by atoms with Crippen molar-refractivity contribution >= 4 is 30.8 Å². The highest BCUT2D eigenvalue weighted by Gasteiger charge is 2.25. The molecule has 0 unspecified atom stereocenters. The van der Waals surface area contributed by atoms with Crippen LogP contribution in [0.1, 0.15) is 16.2 Å². The molecule has 3 N–H and O–H groups in total. The first-order chi connectivity index (χ1) is 8.28. The second-order valence-electron chi connectivity index (χ2n) is 3.61. The van der Waals surface area contributed by atoms with E-state index < -0.39 is 19.7 Å². The Kier molecular flexibility index (Phi) is 3.16. The minimum atomic E-state index is -4.39. The van der Waals surface area contributed by atoms with E-state index in [9.17, 15) is 9.36 Å². The molecular formula is C9H8ClN2O5P. The smallest absolute Gasteiger partial charge is 0.356 e. The molecule has 2 aromatic rings. The SMILES string of the molecule is O=C(O)c1nc2cc(Cl)ccn2c1CP(=O)(O)O. The van der Waals surface area contributed by atoms with Crippen molar-refractivity contribution in [2.45, 2.75) is 6.16 Å². The van der Waals surface area contributed by atoms with Crippen LogP contribution in [0, 0.1) is 0 Å². The number of carboxylic acid groups (broad SMARTS) is 1. The van der Waals surface area contributed by atoms with Crippen LogP contribution in [-0.4, -0.2) is 30.2 Å². The predicted molar refractivity (Wildman–Crippen MR) is 62.9 cm³/mol. The number of nitrogens with zero attached hydrogens (tertiary/aromatic N) is 2. The van der Waals surface area contributed by atoms with Crippen molar-refractivity contribution in [3.63, 3.8) is 0 Å². The van der Waals surface area contributed by atoms with E-state index in [4.69, 9.17) is 26.5 Å². The maximum absolute atomic E-state index is 11.0. The molecule has 0 spiro atoms. The van der Waals surface area contributed by atoms with Gasteiger partial charge in [-0.1, -0.05) is 11.6 Å². The quantitative estimate of drug-likeness (QED) is 0.736. The number of carboxylic acids is 1. The molecular weight excluding hydrogens is 283 g/mol. The average molecular weight is 291 g/mol. The predicted octanol–water partition coefficient (Wildman–Crippen LogP) is 1.36. The Morgan fingerprint density at radius 3 is 2.72 bits per heavy atom. The zero-order valence-electron chi connectivity index (χ0n) is 8.82. The zero-order chi connectivity index (χ0) is 13.5. The fraction of sp³-hybridized carbons (Fsp3) is 0.111. The molecule has 0 radical (unpaired) electrons. The van der Waals surface area contributed by atoms with Gasteiger partial charge in [-0.2, -0.15) is 0 Å². The Labute approximate surface area is 106 Å². The highest BCUT2D eigenvalue weighted by Crippen LogP contribution is 2.40. The number of aromatic nitrogens is 2. The van der Waals surface area contributed by atoms with Gasteiger partial charge in [-0.25, -0.2) is 9.78 Å². The molecule has 0 fully saturated rings. The number of hydrogen-bond acceptors (Lipinski definition) is 3. The van der Waals surface area contributed by atoms with Crippen LogP contribution in [0.2, 0.25) is 5.02 Å². The summed E-state index contributed by atoms with van der Waals surface area (Å²) < 4.78 is 12.3. The van der Waals surface area contributed by atoms with Gasteiger partial charge in [-0.15, -0.1) is 0 Å². The molecule has 0 aliphatic rings. The van der Waals surface area contributed by atoms with E-state index in [0.29, 0.717) is 5.02 Å². The van der Waals surface area contributed by atoms with Gasteiger partial charge < -0.3 is 19.3 Å². The Balaban J connectivity index is 2.70. The molecule has 9 heteroatoms. The van der Waals surface area contributed by atoms with E-state index in [1.54, 1.807) is 0 Å². The van der Waals surface area contributed by atoms with Crippen LogP contribution in [0.25, 0.3) is 5.65 Å². The van der Waals surface area contributed by atoms with Gasteiger partial charge in [0.05, 0.1) is 11.9 Å². The van der Waals surface area contributed by atoms with Crippen LogP contribution in [0.3, 0.4) is 0 Å². The first-order valence-corrected chi connectivity index (χ1v) is 6.90. The van der Waals surface area contributed by atoms with E-state index >= 15 is 0 Å². The maximum Gasteiger partial charge on any atom is 0.356 e. The van der Waals surface area contributed by atoms with Crippen LogP contribution in [0.4, 0.5) is 0 Å². The lowest BCUT2D eigenvalue weighted by molar-refractivity contribution is 0.0690. The van der Waals surface area contributed by atoms with E-state index in [1.165, 1.54) is 22.7 Å². The summed E-state index contributed by atoms with van der Waals surface area (Å²) in [5.74, 6) is -1.35. The van der Waals surface area contributed by atoms with E-state index in [0.717, 1.165) is 0 Å². The zero-order valence-corrected chi connectivity index (χ0v) is 10.5. The number of hydrogen-bond donors (Lipinski definition) is 3. The van der Waals surface area contributed by atoms with Gasteiger partial charge in [0.25, 0.3) is 0 Å². The highest BCUT2D eigenvalue weighted by molar-refractivity contribution is 7.50. The Bertz CT molecular complexity index is 677. The summed E-state index contributed by atoms with van der Waals surface area (Å²) in [6.45, 7) is 0. The number of aromatic carboxylic acids is 1. The van der Waals surface area contributed by atoms with Crippen molar-refractivity contribution in [3.05, 3.63) is 34.7 Å². The normalized spacial score (nSPS) is 11.9. The van der Waals surface area contributed by atoms with Gasteiger partial charge in [0.2, 0.25) is 0 Å². The average Bonchev–Trinajstić information content (AvgIpc) is 2.54. The van der Waals surface area contributed by atoms with Crippen molar-refractivity contribution in [2.24, 2.45) is 0 Å². The Morgan fingerprint density at radius 2 is 2.17 bits per heavy atom. The van der Waals surface area contributed by atoms with Crippen LogP contribution >= 0.6 is 19.2 Å². The number of carbonyl (C=O) groups is 1. The topological polar surface area (TPSA) is 112 Å². The minimum absolute atomic E-state index is 0.0532. The first kappa shape index (κ1) is 13.0. The molecule has 0 saturated heterocycles. The maximum atomic E-state index is 11.0. The number of fused-ring (bicyclic) bond motifs is 1. The second kappa shape index (κ2) is 4.37.